The molecular weight excluding hydrogens is 744 g/mol. The number of unbranched alkanes of at least 4 members (excludes halogenated alkanes) is 42. The Hall–Kier alpha value is 1.00. The molecule has 0 fully saturated rings. The number of hydrogen-bond acceptors (Lipinski definition) is 0. The average molecular weight is 877 g/mol. The van der Waals surface area contributed by atoms with Gasteiger partial charge in [-0.15, -0.1) is 0 Å². The van der Waals surface area contributed by atoms with E-state index in [1.807, 2.05) is 0 Å². The van der Waals surface area contributed by atoms with Crippen molar-refractivity contribution in [2.75, 3.05) is 0 Å². The van der Waals surface area contributed by atoms with Crippen LogP contribution in [0.2, 0.25) is 0 Å². The third-order valence-corrected chi connectivity index (χ3v) is 11.7. The van der Waals surface area contributed by atoms with Crippen molar-refractivity contribution in [3.63, 3.8) is 0 Å². The number of rotatable bonds is 42. The molecule has 0 aliphatic rings. The van der Waals surface area contributed by atoms with E-state index in [-0.39, 0.29) is 29.6 Å². The second-order valence-electron chi connectivity index (χ2n) is 18.7. The van der Waals surface area contributed by atoms with Gasteiger partial charge in [-0.1, -0.05) is 391 Å². The first-order chi connectivity index (χ1) is 29.5. The Labute approximate surface area is 418 Å². The molecular formula is C60H132Na+. The fourth-order valence-electron chi connectivity index (χ4n) is 7.24. The summed E-state index contributed by atoms with van der Waals surface area (Å²) in [4.78, 5) is 0. The Balaban J connectivity index is -0.000000114. The van der Waals surface area contributed by atoms with Crippen molar-refractivity contribution in [2.24, 2.45) is 0 Å². The van der Waals surface area contributed by atoms with Crippen LogP contribution >= 0.6 is 0 Å². The van der Waals surface area contributed by atoms with Crippen molar-refractivity contribution in [1.82, 2.24) is 0 Å². The van der Waals surface area contributed by atoms with Crippen molar-refractivity contribution in [3.8, 4) is 0 Å². The first kappa shape index (κ1) is 76.3. The van der Waals surface area contributed by atoms with Crippen molar-refractivity contribution in [1.29, 1.82) is 0 Å². The molecule has 372 valence electrons. The summed E-state index contributed by atoms with van der Waals surface area (Å²) in [5.41, 5.74) is 0. The fraction of sp³-hybridized carbons (Fsp3) is 1.00. The Bertz CT molecular complexity index is 371. The molecule has 1 heteroatoms. The first-order valence-electron chi connectivity index (χ1n) is 29.5. The van der Waals surface area contributed by atoms with E-state index in [2.05, 4.69) is 83.1 Å². The molecule has 0 saturated heterocycles. The summed E-state index contributed by atoms with van der Waals surface area (Å²) < 4.78 is 0. The molecule has 0 bridgehead atoms. The third-order valence-electron chi connectivity index (χ3n) is 11.7. The van der Waals surface area contributed by atoms with Gasteiger partial charge in [0.05, 0.1) is 0 Å². The van der Waals surface area contributed by atoms with Gasteiger partial charge in [0.2, 0.25) is 0 Å². The molecule has 0 aromatic carbocycles. The summed E-state index contributed by atoms with van der Waals surface area (Å²) >= 11 is 0. The molecule has 0 unspecified atom stereocenters. The van der Waals surface area contributed by atoms with Crippen molar-refractivity contribution in [3.05, 3.63) is 0 Å². The molecule has 0 aliphatic carbocycles. The quantitative estimate of drug-likeness (QED) is 0.0423. The van der Waals surface area contributed by atoms with Gasteiger partial charge in [-0.25, -0.2) is 0 Å². The Morgan fingerprint density at radius 1 is 0.0984 bits per heavy atom. The molecule has 0 saturated carbocycles. The molecule has 0 amide bonds. The maximum absolute atomic E-state index is 2.27. The second-order valence-corrected chi connectivity index (χ2v) is 18.7. The molecule has 0 N–H and O–H groups in total. The molecule has 0 radical (unpaired) electrons. The Kier molecular flexibility index (Phi) is 114. The molecule has 0 aromatic heterocycles. The molecule has 0 aromatic rings. The van der Waals surface area contributed by atoms with E-state index in [9.17, 15) is 0 Å². The van der Waals surface area contributed by atoms with Gasteiger partial charge in [-0.3, -0.25) is 0 Å². The summed E-state index contributed by atoms with van der Waals surface area (Å²) in [5.74, 6) is 0. The van der Waals surface area contributed by atoms with Gasteiger partial charge in [0, 0.05) is 0 Å². The van der Waals surface area contributed by atoms with Crippen LogP contribution in [0.1, 0.15) is 391 Å². The summed E-state index contributed by atoms with van der Waals surface area (Å²) in [6, 6.07) is 0. The van der Waals surface area contributed by atoms with E-state index < -0.39 is 0 Å². The predicted octanol–water partition coefficient (Wildman–Crippen LogP) is 21.9. The molecule has 0 heterocycles. The zero-order valence-electron chi connectivity index (χ0n) is 46.9. The van der Waals surface area contributed by atoms with Crippen LogP contribution < -0.4 is 29.6 Å². The van der Waals surface area contributed by atoms with Crippen LogP contribution in [0.5, 0.6) is 0 Å². The van der Waals surface area contributed by atoms with Gasteiger partial charge in [0.15, 0.2) is 0 Å². The van der Waals surface area contributed by atoms with Gasteiger partial charge in [0.1, 0.15) is 0 Å². The van der Waals surface area contributed by atoms with Gasteiger partial charge in [-0.05, 0) is 0 Å². The molecule has 0 aliphatic heterocycles. The van der Waals surface area contributed by atoms with E-state index in [4.69, 9.17) is 0 Å². The minimum absolute atomic E-state index is 0. The monoisotopic (exact) mass is 876 g/mol. The summed E-state index contributed by atoms with van der Waals surface area (Å²) in [6.07, 6.45) is 68.8. The number of hydrogen-bond donors (Lipinski definition) is 0. The minimum Gasteiger partial charge on any atom is -0.0654 e. The minimum atomic E-state index is 0. The van der Waals surface area contributed by atoms with Crippen LogP contribution in [-0.4, -0.2) is 0 Å². The third kappa shape index (κ3) is 115. The van der Waals surface area contributed by atoms with E-state index in [1.165, 1.54) is 308 Å². The summed E-state index contributed by atoms with van der Waals surface area (Å²) in [5, 5.41) is 0. The topological polar surface area (TPSA) is 0 Å². The standard InChI is InChI=1S/6C10H22.Na/c6*1-3-5-7-9-10-8-6-4-2;/h6*3-10H2,1-2H3;/q;;;;;;+1. The molecule has 0 rings (SSSR count). The molecule has 0 nitrogen and oxygen atoms in total. The van der Waals surface area contributed by atoms with Crippen LogP contribution in [-0.2, 0) is 0 Å². The Morgan fingerprint density at radius 3 is 0.197 bits per heavy atom. The smallest absolute Gasteiger partial charge is 0.0654 e. The Morgan fingerprint density at radius 2 is 0.148 bits per heavy atom. The second kappa shape index (κ2) is 91.5. The molecule has 61 heavy (non-hydrogen) atoms. The van der Waals surface area contributed by atoms with E-state index in [0.717, 1.165) is 0 Å². The maximum atomic E-state index is 2.27. The zero-order chi connectivity index (χ0) is 45.9. The predicted molar refractivity (Wildman–Crippen MR) is 290 cm³/mol. The molecule has 0 spiro atoms. The fourth-order valence-corrected chi connectivity index (χ4v) is 7.24. The zero-order valence-corrected chi connectivity index (χ0v) is 48.9. The first-order valence-corrected chi connectivity index (χ1v) is 29.5. The van der Waals surface area contributed by atoms with Gasteiger partial charge >= 0.3 is 29.6 Å². The van der Waals surface area contributed by atoms with Gasteiger partial charge in [0.25, 0.3) is 0 Å². The maximum Gasteiger partial charge on any atom is 1.00 e. The van der Waals surface area contributed by atoms with Crippen LogP contribution in [0.4, 0.5) is 0 Å². The van der Waals surface area contributed by atoms with Crippen LogP contribution in [0.25, 0.3) is 0 Å². The van der Waals surface area contributed by atoms with Crippen LogP contribution in [0.3, 0.4) is 0 Å². The van der Waals surface area contributed by atoms with Crippen LogP contribution in [0.15, 0.2) is 0 Å². The summed E-state index contributed by atoms with van der Waals surface area (Å²) in [7, 11) is 0. The average Bonchev–Trinajstić information content (AvgIpc) is 3.27. The van der Waals surface area contributed by atoms with Crippen molar-refractivity contribution in [2.45, 2.75) is 391 Å². The van der Waals surface area contributed by atoms with Gasteiger partial charge in [-0.2, -0.15) is 0 Å². The largest absolute Gasteiger partial charge is 1.00 e. The normalized spacial score (nSPS) is 10.0. The van der Waals surface area contributed by atoms with E-state index >= 15 is 0 Å². The van der Waals surface area contributed by atoms with Gasteiger partial charge < -0.3 is 0 Å². The van der Waals surface area contributed by atoms with Crippen molar-refractivity contribution < 1.29 is 29.6 Å². The SMILES string of the molecule is CCCCCCCCCC.CCCCCCCCCC.CCCCCCCCCC.CCCCCCCCCC.CCCCCCCCCC.CCCCCCCCCC.[Na+]. The summed E-state index contributed by atoms with van der Waals surface area (Å²) in [6.45, 7) is 27.2. The van der Waals surface area contributed by atoms with Crippen molar-refractivity contribution >= 4 is 0 Å². The van der Waals surface area contributed by atoms with Crippen LogP contribution in [0, 0.1) is 0 Å². The van der Waals surface area contributed by atoms with E-state index in [0.29, 0.717) is 0 Å². The van der Waals surface area contributed by atoms with E-state index in [1.54, 1.807) is 0 Å². The molecule has 0 atom stereocenters.